The highest BCUT2D eigenvalue weighted by molar-refractivity contribution is 7.46. The molecular formula is C14H13N2O5P. The van der Waals surface area contributed by atoms with Crippen molar-refractivity contribution in [1.82, 2.24) is 10.2 Å². The Hall–Kier alpha value is -2.47. The summed E-state index contributed by atoms with van der Waals surface area (Å²) in [6.07, 6.45) is 1.64. The summed E-state index contributed by atoms with van der Waals surface area (Å²) in [5, 5.41) is 7.60. The van der Waals surface area contributed by atoms with Crippen LogP contribution >= 0.6 is 7.82 Å². The van der Waals surface area contributed by atoms with Crippen molar-refractivity contribution in [1.29, 1.82) is 0 Å². The molecule has 22 heavy (non-hydrogen) atoms. The molecule has 0 bridgehead atoms. The van der Waals surface area contributed by atoms with E-state index in [0.717, 1.165) is 5.39 Å². The van der Waals surface area contributed by atoms with E-state index in [9.17, 15) is 9.36 Å². The minimum absolute atomic E-state index is 0.136. The number of phosphoric ester groups is 1. The van der Waals surface area contributed by atoms with Gasteiger partial charge in [0.1, 0.15) is 5.75 Å². The number of para-hydroxylation sites is 1. The number of hydrogen-bond acceptors (Lipinski definition) is 4. The maximum Gasteiger partial charge on any atom is 0.524 e. The van der Waals surface area contributed by atoms with E-state index in [2.05, 4.69) is 14.7 Å². The summed E-state index contributed by atoms with van der Waals surface area (Å²) >= 11 is 0. The average molecular weight is 320 g/mol. The number of hydrogen-bond donors (Lipinski definition) is 3. The van der Waals surface area contributed by atoms with Gasteiger partial charge in [0, 0.05) is 10.8 Å². The smallest absolute Gasteiger partial charge is 0.404 e. The van der Waals surface area contributed by atoms with E-state index in [1.807, 2.05) is 18.2 Å². The van der Waals surface area contributed by atoms with E-state index in [-0.39, 0.29) is 11.3 Å². The number of rotatable bonds is 2. The lowest BCUT2D eigenvalue weighted by atomic mass is 10.2. The second-order valence-corrected chi connectivity index (χ2v) is 5.35. The zero-order valence-electron chi connectivity index (χ0n) is 11.3. The maximum absolute atomic E-state index is 11.1. The van der Waals surface area contributed by atoms with Crippen LogP contribution in [0.1, 0.15) is 0 Å². The fourth-order valence-electron chi connectivity index (χ4n) is 1.66. The van der Waals surface area contributed by atoms with E-state index < -0.39 is 7.82 Å². The van der Waals surface area contributed by atoms with Crippen LogP contribution in [0.4, 0.5) is 0 Å². The first-order valence-corrected chi connectivity index (χ1v) is 7.71. The van der Waals surface area contributed by atoms with Gasteiger partial charge in [-0.2, -0.15) is 5.10 Å². The molecule has 114 valence electrons. The van der Waals surface area contributed by atoms with Crippen molar-refractivity contribution >= 4 is 18.6 Å². The Morgan fingerprint density at radius 2 is 1.64 bits per heavy atom. The molecular weight excluding hydrogens is 307 g/mol. The quantitative estimate of drug-likeness (QED) is 0.623. The van der Waals surface area contributed by atoms with E-state index in [1.165, 1.54) is 12.1 Å². The summed E-state index contributed by atoms with van der Waals surface area (Å²) in [7, 11) is -4.39. The van der Waals surface area contributed by atoms with Crippen LogP contribution in [0.15, 0.2) is 65.6 Å². The Morgan fingerprint density at radius 1 is 1.00 bits per heavy atom. The lowest BCUT2D eigenvalue weighted by Crippen LogP contribution is -2.06. The molecule has 0 saturated carbocycles. The normalized spacial score (nSPS) is 10.6. The van der Waals surface area contributed by atoms with Crippen molar-refractivity contribution in [3.63, 3.8) is 0 Å². The van der Waals surface area contributed by atoms with Gasteiger partial charge in [-0.3, -0.25) is 14.6 Å². The molecule has 3 N–H and O–H groups in total. The number of H-pyrrole nitrogens is 1. The van der Waals surface area contributed by atoms with Gasteiger partial charge in [0.2, 0.25) is 0 Å². The standard InChI is InChI=1S/C8H6N2O.C6H7O4P/c11-8-7-4-2-1-3-6(7)5-9-10-8;7-11(8,9)10-6-4-2-1-3-5-6/h1-5H,(H,10,11);1-5H,(H2,7,8,9). The van der Waals surface area contributed by atoms with Gasteiger partial charge in [0.15, 0.2) is 0 Å². The molecule has 0 fully saturated rings. The average Bonchev–Trinajstić information content (AvgIpc) is 2.48. The first-order valence-electron chi connectivity index (χ1n) is 6.18. The topological polar surface area (TPSA) is 113 Å². The number of aromatic nitrogens is 2. The molecule has 0 aliphatic heterocycles. The highest BCUT2D eigenvalue weighted by Crippen LogP contribution is 2.36. The molecule has 0 aliphatic carbocycles. The zero-order valence-corrected chi connectivity index (χ0v) is 12.2. The second kappa shape index (κ2) is 7.00. The van der Waals surface area contributed by atoms with Crippen LogP contribution in [0.25, 0.3) is 10.8 Å². The van der Waals surface area contributed by atoms with Gasteiger partial charge < -0.3 is 4.52 Å². The predicted molar refractivity (Wildman–Crippen MR) is 81.5 cm³/mol. The molecule has 7 nitrogen and oxygen atoms in total. The van der Waals surface area contributed by atoms with Gasteiger partial charge in [0.05, 0.1) is 6.20 Å². The molecule has 0 aliphatic rings. The highest BCUT2D eigenvalue weighted by atomic mass is 31.2. The van der Waals surface area contributed by atoms with Gasteiger partial charge >= 0.3 is 7.82 Å². The van der Waals surface area contributed by atoms with E-state index >= 15 is 0 Å². The van der Waals surface area contributed by atoms with Crippen molar-refractivity contribution < 1.29 is 18.9 Å². The molecule has 3 rings (SSSR count). The second-order valence-electron chi connectivity index (χ2n) is 4.18. The van der Waals surface area contributed by atoms with Gasteiger partial charge in [-0.25, -0.2) is 9.66 Å². The summed E-state index contributed by atoms with van der Waals surface area (Å²) in [5.74, 6) is 0.167. The van der Waals surface area contributed by atoms with Crippen LogP contribution in [0.3, 0.4) is 0 Å². The van der Waals surface area contributed by atoms with Crippen LogP contribution in [-0.2, 0) is 4.57 Å². The fraction of sp³-hybridized carbons (Fsp3) is 0. The Kier molecular flexibility index (Phi) is 5.06. The molecule has 2 aromatic carbocycles. The monoisotopic (exact) mass is 320 g/mol. The summed E-state index contributed by atoms with van der Waals surface area (Å²) in [5.41, 5.74) is -0.136. The Labute approximate surface area is 125 Å². The van der Waals surface area contributed by atoms with Crippen molar-refractivity contribution in [2.45, 2.75) is 0 Å². The van der Waals surface area contributed by atoms with E-state index in [0.29, 0.717) is 5.39 Å². The van der Waals surface area contributed by atoms with Crippen LogP contribution in [0.2, 0.25) is 0 Å². The number of fused-ring (bicyclic) bond motifs is 1. The minimum Gasteiger partial charge on any atom is -0.404 e. The minimum atomic E-state index is -4.39. The fourth-order valence-corrected chi connectivity index (χ4v) is 2.05. The Morgan fingerprint density at radius 3 is 2.27 bits per heavy atom. The van der Waals surface area contributed by atoms with Crippen molar-refractivity contribution in [2.75, 3.05) is 0 Å². The van der Waals surface area contributed by atoms with E-state index in [4.69, 9.17) is 9.79 Å². The lowest BCUT2D eigenvalue weighted by Gasteiger charge is -2.04. The predicted octanol–water partition coefficient (Wildman–Crippen LogP) is 2.08. The number of nitrogens with zero attached hydrogens (tertiary/aromatic N) is 1. The zero-order chi connectivity index (χ0) is 16.0. The number of benzene rings is 2. The third-order valence-corrected chi connectivity index (χ3v) is 2.99. The number of phosphoric acid groups is 1. The molecule has 8 heteroatoms. The molecule has 1 aromatic heterocycles. The van der Waals surface area contributed by atoms with Crippen molar-refractivity contribution in [2.24, 2.45) is 0 Å². The van der Waals surface area contributed by atoms with Crippen LogP contribution in [0.5, 0.6) is 5.75 Å². The lowest BCUT2D eigenvalue weighted by molar-refractivity contribution is 0.283. The first kappa shape index (κ1) is 15.9. The van der Waals surface area contributed by atoms with Crippen molar-refractivity contribution in [3.8, 4) is 5.75 Å². The molecule has 3 aromatic rings. The molecule has 0 radical (unpaired) electrons. The maximum atomic E-state index is 11.1. The molecule has 0 saturated heterocycles. The largest absolute Gasteiger partial charge is 0.524 e. The van der Waals surface area contributed by atoms with Gasteiger partial charge in [-0.05, 0) is 18.2 Å². The SMILES string of the molecule is O=P(O)(O)Oc1ccccc1.O=c1[nH]ncc2ccccc12. The third kappa shape index (κ3) is 4.82. The Bertz CT molecular complexity index is 839. The number of aromatic amines is 1. The van der Waals surface area contributed by atoms with E-state index in [1.54, 1.807) is 30.5 Å². The van der Waals surface area contributed by atoms with Gasteiger partial charge in [-0.1, -0.05) is 36.4 Å². The highest BCUT2D eigenvalue weighted by Gasteiger charge is 2.14. The molecule has 1 heterocycles. The first-order chi connectivity index (χ1) is 10.5. The Balaban J connectivity index is 0.000000160. The third-order valence-electron chi connectivity index (χ3n) is 2.54. The van der Waals surface area contributed by atoms with Crippen LogP contribution < -0.4 is 10.1 Å². The van der Waals surface area contributed by atoms with Gasteiger partial charge in [-0.15, -0.1) is 0 Å². The summed E-state index contributed by atoms with van der Waals surface area (Å²) in [6, 6.07) is 15.3. The molecule has 0 spiro atoms. The number of nitrogens with one attached hydrogen (secondary N) is 1. The summed E-state index contributed by atoms with van der Waals surface area (Å²) < 4.78 is 14.5. The summed E-state index contributed by atoms with van der Waals surface area (Å²) in [4.78, 5) is 27.8. The molecule has 0 amide bonds. The molecule has 0 atom stereocenters. The summed E-state index contributed by atoms with van der Waals surface area (Å²) in [6.45, 7) is 0. The molecule has 0 unspecified atom stereocenters. The van der Waals surface area contributed by atoms with Crippen LogP contribution in [-0.4, -0.2) is 20.0 Å². The van der Waals surface area contributed by atoms with Crippen LogP contribution in [0, 0.1) is 0 Å². The van der Waals surface area contributed by atoms with Gasteiger partial charge in [0.25, 0.3) is 5.56 Å². The van der Waals surface area contributed by atoms with Crippen molar-refractivity contribution in [3.05, 3.63) is 71.1 Å².